The van der Waals surface area contributed by atoms with Crippen LogP contribution in [0.15, 0.2) is 29.3 Å². The Labute approximate surface area is 173 Å². The lowest BCUT2D eigenvalue weighted by molar-refractivity contribution is -0.119. The van der Waals surface area contributed by atoms with Crippen LogP contribution in [0.1, 0.15) is 63.4 Å². The molecule has 1 aliphatic heterocycles. The van der Waals surface area contributed by atoms with E-state index >= 15 is 0 Å². The van der Waals surface area contributed by atoms with E-state index in [9.17, 15) is 4.79 Å². The van der Waals surface area contributed by atoms with E-state index in [2.05, 4.69) is 10.3 Å². The minimum absolute atomic E-state index is 0. The molecule has 0 aromatic heterocycles. The Morgan fingerprint density at radius 2 is 1.77 bits per heavy atom. The van der Waals surface area contributed by atoms with Crippen LogP contribution in [0.25, 0.3) is 0 Å². The number of anilines is 1. The summed E-state index contributed by atoms with van der Waals surface area (Å²) < 4.78 is 0. The van der Waals surface area contributed by atoms with E-state index in [1.807, 2.05) is 29.2 Å². The molecular weight excluding hydrogens is 439 g/mol. The average Bonchev–Trinajstić information content (AvgIpc) is 2.90. The Kier molecular flexibility index (Phi) is 8.68. The van der Waals surface area contributed by atoms with Crippen LogP contribution in [0.3, 0.4) is 0 Å². The molecule has 1 amide bonds. The molecular formula is C20H31IN4O. The SMILES string of the molecule is I.NC(=NCc1ccc(N2CCCCC2=O)cc1)NC1CCCCCC1. The monoisotopic (exact) mass is 470 g/mol. The van der Waals surface area contributed by atoms with Crippen LogP contribution in [-0.4, -0.2) is 24.5 Å². The van der Waals surface area contributed by atoms with Crippen molar-refractivity contribution in [3.8, 4) is 0 Å². The maximum absolute atomic E-state index is 12.0. The molecule has 26 heavy (non-hydrogen) atoms. The standard InChI is InChI=1S/C20H30N4O.HI/c21-20(23-17-7-3-1-2-4-8-17)22-15-16-10-12-18(13-11-16)24-14-6-5-9-19(24)25;/h10-13,17H,1-9,14-15H2,(H3,21,22,23);1H. The van der Waals surface area contributed by atoms with Crippen molar-refractivity contribution in [3.05, 3.63) is 29.8 Å². The van der Waals surface area contributed by atoms with E-state index < -0.39 is 0 Å². The zero-order valence-corrected chi connectivity index (χ0v) is 17.8. The zero-order chi connectivity index (χ0) is 17.5. The molecule has 3 rings (SSSR count). The van der Waals surface area contributed by atoms with Crippen LogP contribution < -0.4 is 16.0 Å². The van der Waals surface area contributed by atoms with Crippen LogP contribution in [0.5, 0.6) is 0 Å². The van der Waals surface area contributed by atoms with Gasteiger partial charge < -0.3 is 16.0 Å². The lowest BCUT2D eigenvalue weighted by atomic mass is 10.1. The fourth-order valence-electron chi connectivity index (χ4n) is 3.72. The fraction of sp³-hybridized carbons (Fsp3) is 0.600. The van der Waals surface area contributed by atoms with Crippen molar-refractivity contribution in [1.82, 2.24) is 5.32 Å². The molecule has 1 aliphatic carbocycles. The number of aliphatic imine (C=N–C) groups is 1. The first-order valence-corrected chi connectivity index (χ1v) is 9.68. The molecule has 0 radical (unpaired) electrons. The second-order valence-corrected chi connectivity index (χ2v) is 7.20. The number of rotatable bonds is 4. The van der Waals surface area contributed by atoms with E-state index in [1.54, 1.807) is 0 Å². The highest BCUT2D eigenvalue weighted by Gasteiger charge is 2.19. The molecule has 2 fully saturated rings. The molecule has 6 heteroatoms. The molecule has 3 N–H and O–H groups in total. The number of carbonyl (C=O) groups is 1. The summed E-state index contributed by atoms with van der Waals surface area (Å²) in [6.07, 6.45) is 10.4. The maximum atomic E-state index is 12.0. The van der Waals surface area contributed by atoms with Crippen molar-refractivity contribution in [2.75, 3.05) is 11.4 Å². The van der Waals surface area contributed by atoms with Crippen molar-refractivity contribution in [2.45, 2.75) is 70.4 Å². The Morgan fingerprint density at radius 1 is 1.08 bits per heavy atom. The van der Waals surface area contributed by atoms with Gasteiger partial charge in [0.05, 0.1) is 6.54 Å². The number of carbonyl (C=O) groups excluding carboxylic acids is 1. The van der Waals surface area contributed by atoms with E-state index in [-0.39, 0.29) is 29.9 Å². The van der Waals surface area contributed by atoms with Gasteiger partial charge in [-0.3, -0.25) is 4.79 Å². The van der Waals surface area contributed by atoms with E-state index in [1.165, 1.54) is 38.5 Å². The number of hydrogen-bond donors (Lipinski definition) is 2. The van der Waals surface area contributed by atoms with E-state index in [0.717, 1.165) is 30.6 Å². The Morgan fingerprint density at radius 3 is 2.42 bits per heavy atom. The average molecular weight is 470 g/mol. The summed E-state index contributed by atoms with van der Waals surface area (Å²) in [7, 11) is 0. The molecule has 0 spiro atoms. The molecule has 0 atom stereocenters. The van der Waals surface area contributed by atoms with Crippen molar-refractivity contribution in [3.63, 3.8) is 0 Å². The summed E-state index contributed by atoms with van der Waals surface area (Å²) >= 11 is 0. The van der Waals surface area contributed by atoms with Gasteiger partial charge in [-0.1, -0.05) is 37.8 Å². The number of nitrogens with zero attached hydrogens (tertiary/aromatic N) is 2. The number of nitrogens with one attached hydrogen (secondary N) is 1. The van der Waals surface area contributed by atoms with Gasteiger partial charge in [0.25, 0.3) is 0 Å². The van der Waals surface area contributed by atoms with Crippen molar-refractivity contribution in [2.24, 2.45) is 10.7 Å². The maximum Gasteiger partial charge on any atom is 0.226 e. The summed E-state index contributed by atoms with van der Waals surface area (Å²) in [4.78, 5) is 18.4. The number of halogens is 1. The van der Waals surface area contributed by atoms with Gasteiger partial charge >= 0.3 is 0 Å². The van der Waals surface area contributed by atoms with Gasteiger partial charge in [0, 0.05) is 24.7 Å². The third-order valence-electron chi connectivity index (χ3n) is 5.21. The second-order valence-electron chi connectivity index (χ2n) is 7.20. The highest BCUT2D eigenvalue weighted by Crippen LogP contribution is 2.21. The van der Waals surface area contributed by atoms with Gasteiger partial charge in [-0.25, -0.2) is 4.99 Å². The number of hydrogen-bond acceptors (Lipinski definition) is 2. The second kappa shape index (κ2) is 10.7. The number of benzene rings is 1. The minimum Gasteiger partial charge on any atom is -0.370 e. The number of amides is 1. The molecule has 1 aromatic rings. The normalized spacial score (nSPS) is 19.6. The van der Waals surface area contributed by atoms with Crippen LogP contribution in [0.2, 0.25) is 0 Å². The van der Waals surface area contributed by atoms with Gasteiger partial charge in [0.1, 0.15) is 0 Å². The molecule has 5 nitrogen and oxygen atoms in total. The van der Waals surface area contributed by atoms with Crippen molar-refractivity contribution < 1.29 is 4.79 Å². The minimum atomic E-state index is 0. The summed E-state index contributed by atoms with van der Waals surface area (Å²) in [5.41, 5.74) is 8.15. The summed E-state index contributed by atoms with van der Waals surface area (Å²) in [6.45, 7) is 1.40. The third kappa shape index (κ3) is 6.14. The van der Waals surface area contributed by atoms with Crippen molar-refractivity contribution >= 4 is 41.5 Å². The van der Waals surface area contributed by atoms with Gasteiger partial charge in [-0.05, 0) is 43.4 Å². The number of guanidine groups is 1. The van der Waals surface area contributed by atoms with Gasteiger partial charge in [-0.2, -0.15) is 0 Å². The van der Waals surface area contributed by atoms with Crippen LogP contribution >= 0.6 is 24.0 Å². The first-order chi connectivity index (χ1) is 12.2. The van der Waals surface area contributed by atoms with Crippen molar-refractivity contribution in [1.29, 1.82) is 0 Å². The quantitative estimate of drug-likeness (QED) is 0.303. The lowest BCUT2D eigenvalue weighted by Crippen LogP contribution is -2.39. The largest absolute Gasteiger partial charge is 0.370 e. The molecule has 1 aromatic carbocycles. The van der Waals surface area contributed by atoms with Crippen LogP contribution in [0, 0.1) is 0 Å². The third-order valence-corrected chi connectivity index (χ3v) is 5.21. The number of nitrogens with two attached hydrogens (primary N) is 1. The molecule has 1 saturated carbocycles. The van der Waals surface area contributed by atoms with Gasteiger partial charge in [0.15, 0.2) is 5.96 Å². The number of piperidine rings is 1. The predicted octanol–water partition coefficient (Wildman–Crippen LogP) is 3.95. The van der Waals surface area contributed by atoms with E-state index in [4.69, 9.17) is 5.73 Å². The molecule has 144 valence electrons. The topological polar surface area (TPSA) is 70.7 Å². The summed E-state index contributed by atoms with van der Waals surface area (Å²) in [5, 5.41) is 3.37. The van der Waals surface area contributed by atoms with E-state index in [0.29, 0.717) is 25.0 Å². The highest BCUT2D eigenvalue weighted by molar-refractivity contribution is 14.0. The molecule has 0 unspecified atom stereocenters. The molecule has 0 bridgehead atoms. The predicted molar refractivity (Wildman–Crippen MR) is 118 cm³/mol. The first-order valence-electron chi connectivity index (χ1n) is 9.68. The molecule has 2 aliphatic rings. The zero-order valence-electron chi connectivity index (χ0n) is 15.5. The summed E-state index contributed by atoms with van der Waals surface area (Å²) in [5.74, 6) is 0.774. The molecule has 1 saturated heterocycles. The Balaban J connectivity index is 0.00000243. The smallest absolute Gasteiger partial charge is 0.226 e. The lowest BCUT2D eigenvalue weighted by Gasteiger charge is -2.26. The van der Waals surface area contributed by atoms with Crippen LogP contribution in [-0.2, 0) is 11.3 Å². The highest BCUT2D eigenvalue weighted by atomic mass is 127. The Hall–Kier alpha value is -1.31. The first kappa shape index (κ1) is 21.0. The van der Waals surface area contributed by atoms with Gasteiger partial charge in [-0.15, -0.1) is 24.0 Å². The van der Waals surface area contributed by atoms with Crippen LogP contribution in [0.4, 0.5) is 5.69 Å². The summed E-state index contributed by atoms with van der Waals surface area (Å²) in [6, 6.07) is 8.59. The molecule has 1 heterocycles. The Bertz CT molecular complexity index is 594. The van der Waals surface area contributed by atoms with Gasteiger partial charge in [0.2, 0.25) is 5.91 Å². The fourth-order valence-corrected chi connectivity index (χ4v) is 3.72.